The summed E-state index contributed by atoms with van der Waals surface area (Å²) in [6.07, 6.45) is 0. The van der Waals surface area contributed by atoms with Crippen molar-refractivity contribution in [3.8, 4) is 56.4 Å². The first-order chi connectivity index (χ1) is 61.3. The van der Waals surface area contributed by atoms with E-state index in [0.29, 0.717) is 17.1 Å². The molecule has 0 atom stereocenters. The minimum Gasteiger partial charge on any atom is -0.456 e. The number of nitrogens with zero attached hydrogens (tertiary/aromatic N) is 2. The summed E-state index contributed by atoms with van der Waals surface area (Å²) < 4.78 is 56.9. The maximum absolute atomic E-state index is 8.90. The Morgan fingerprint density at radius 2 is 0.642 bits per heavy atom. The smallest absolute Gasteiger partial charge is 0.242 e. The molecule has 0 spiro atoms. The molecule has 0 unspecified atom stereocenters. The molecule has 564 valence electrons. The number of para-hydroxylation sites is 3. The van der Waals surface area contributed by atoms with Crippen LogP contribution in [0.1, 0.15) is 6.85 Å². The molecular weight excluding hydrogens is 1470 g/mol. The van der Waals surface area contributed by atoms with E-state index in [9.17, 15) is 0 Å². The number of benzene rings is 21. The molecule has 120 heavy (non-hydrogen) atoms. The van der Waals surface area contributed by atoms with Gasteiger partial charge in [-0.15, -0.1) is 0 Å². The van der Waals surface area contributed by atoms with Crippen LogP contribution in [0.25, 0.3) is 120 Å². The summed E-state index contributed by atoms with van der Waals surface area (Å²) in [5, 5.41) is 20.5. The van der Waals surface area contributed by atoms with E-state index in [0.717, 1.165) is 83.3 Å². The van der Waals surface area contributed by atoms with Crippen molar-refractivity contribution in [3.63, 3.8) is 0 Å². The Morgan fingerprint density at radius 3 is 1.15 bits per heavy atom. The highest BCUT2D eigenvalue weighted by Gasteiger charge is 2.33. The van der Waals surface area contributed by atoms with Gasteiger partial charge in [0.15, 0.2) is 0 Å². The summed E-state index contributed by atoms with van der Waals surface area (Å²) in [5.41, 5.74) is 18.8. The van der Waals surface area contributed by atoms with Crippen molar-refractivity contribution in [1.82, 2.24) is 0 Å². The maximum atomic E-state index is 8.90. The molecule has 2 heterocycles. The largest absolute Gasteiger partial charge is 0.456 e. The van der Waals surface area contributed by atoms with E-state index in [-0.39, 0.29) is 31.2 Å². The molecule has 2 aliphatic rings. The lowest BCUT2D eigenvalue weighted by Gasteiger charge is -2.30. The number of fused-ring (bicyclic) bond motifs is 14. The molecule has 2 aliphatic heterocycles. The molecule has 0 saturated carbocycles. The Morgan fingerprint density at radius 1 is 0.250 bits per heavy atom. The van der Waals surface area contributed by atoms with Gasteiger partial charge in [-0.1, -0.05) is 385 Å². The average molecular weight is 1550 g/mol. The number of hydrogen-bond donors (Lipinski definition) is 0. The molecule has 0 fully saturated rings. The third-order valence-corrected chi connectivity index (χ3v) is 26.6. The van der Waals surface area contributed by atoms with Crippen LogP contribution in [0.5, 0.6) is 23.0 Å². The van der Waals surface area contributed by atoms with E-state index in [2.05, 4.69) is 364 Å². The lowest BCUT2D eigenvalue weighted by molar-refractivity contribution is 0.487. The van der Waals surface area contributed by atoms with Crippen molar-refractivity contribution in [2.24, 2.45) is 0 Å². The summed E-state index contributed by atoms with van der Waals surface area (Å²) in [6, 6.07) is 142. The topological polar surface area (TPSA) is 24.9 Å². The van der Waals surface area contributed by atoms with Gasteiger partial charge >= 0.3 is 0 Å². The Hall–Kier alpha value is -14.8. The first kappa shape index (κ1) is 66.4. The van der Waals surface area contributed by atoms with Crippen molar-refractivity contribution < 1.29 is 16.3 Å². The summed E-state index contributed by atoms with van der Waals surface area (Å²) in [4.78, 5) is 4.11. The Kier molecular flexibility index (Phi) is 16.5. The molecule has 0 bridgehead atoms. The molecule has 0 saturated heterocycles. The van der Waals surface area contributed by atoms with Gasteiger partial charge in [0.1, 0.15) is 23.0 Å². The monoisotopic (exact) mass is 1550 g/mol. The molecule has 0 aromatic heterocycles. The Labute approximate surface area is 707 Å². The van der Waals surface area contributed by atoms with Crippen molar-refractivity contribution in [2.75, 3.05) is 9.80 Å². The average Bonchev–Trinajstić information content (AvgIpc) is 0.713. The van der Waals surface area contributed by atoms with Gasteiger partial charge in [0.25, 0.3) is 0 Å². The lowest BCUT2D eigenvalue weighted by atomic mass is 9.35. The van der Waals surface area contributed by atoms with Crippen LogP contribution in [0.2, 0.25) is 19.6 Å². The van der Waals surface area contributed by atoms with Crippen molar-refractivity contribution >= 4 is 180 Å². The summed E-state index contributed by atoms with van der Waals surface area (Å²) >= 11 is 0. The maximum Gasteiger partial charge on any atom is 0.242 e. The molecule has 0 aliphatic carbocycles. The first-order valence-corrected chi connectivity index (χ1v) is 44.8. The van der Waals surface area contributed by atoms with Crippen molar-refractivity contribution in [2.45, 2.75) is 19.6 Å². The molecule has 4 nitrogen and oxygen atoms in total. The minimum atomic E-state index is -1.52. The highest BCUT2D eigenvalue weighted by Crippen LogP contribution is 2.54. The quantitative estimate of drug-likeness (QED) is 0.0800. The molecule has 23 rings (SSSR count). The van der Waals surface area contributed by atoms with Crippen LogP contribution < -0.4 is 57.2 Å². The second kappa shape index (κ2) is 29.8. The van der Waals surface area contributed by atoms with E-state index in [1.807, 2.05) is 60.7 Å². The lowest BCUT2D eigenvalue weighted by Crippen LogP contribution is -2.52. The predicted octanol–water partition coefficient (Wildman–Crippen LogP) is 26.3. The van der Waals surface area contributed by atoms with Gasteiger partial charge in [0, 0.05) is 68.0 Å². The fraction of sp³-hybridized carbons (Fsp3) is 0.0265. The Bertz CT molecular complexity index is 7900. The van der Waals surface area contributed by atoms with Crippen molar-refractivity contribution in [3.05, 3.63) is 431 Å². The van der Waals surface area contributed by atoms with Crippen molar-refractivity contribution in [1.29, 1.82) is 0 Å². The van der Waals surface area contributed by atoms with Crippen LogP contribution in [0.4, 0.5) is 34.1 Å². The summed E-state index contributed by atoms with van der Waals surface area (Å²) in [5.74, 6) is 3.07. The molecule has 21 aromatic carbocycles. The third-order valence-electron chi connectivity index (χ3n) is 24.6. The van der Waals surface area contributed by atoms with Crippen LogP contribution >= 0.6 is 0 Å². The van der Waals surface area contributed by atoms with Gasteiger partial charge < -0.3 is 19.3 Å². The first-order valence-electron chi connectivity index (χ1n) is 43.8. The zero-order valence-electron chi connectivity index (χ0n) is 71.5. The standard InChI is InChI=1S/C61H46BNOSi.C52H34BNO/c1-65(2,3)46-35-32-44(33-36-46)63(58-30-15-14-25-48(58)42-18-6-4-7-19-42)45-34-37-51-55-39-53-49-26-12-13-27-50(49)57(40-54(53)52-28-17-31-59(61(52)55)64-60(51)38-45)62(43-22-8-5-9-23-43)56-29-16-21-41-20-10-11-24-47(41)56;1-4-18-36(19-5-1)53(48-28-14-17-35-16-10-11-24-40(35)48)49-34-46-44-27-15-29-50-52(44)47(33-45(46)41-25-12-13-26-42(41)49)43-31-30-39(32-51(43)55-50)54(37-20-6-2-7-21-37)38-22-8-3-9-23-38/h4-40H,1-3H3;1-34H/i;2D,6D,7D,20D,21D. The van der Waals surface area contributed by atoms with Gasteiger partial charge in [-0.2, -0.15) is 0 Å². The van der Waals surface area contributed by atoms with E-state index in [1.165, 1.54) is 109 Å². The van der Waals surface area contributed by atoms with Crippen LogP contribution in [0, 0.1) is 0 Å². The van der Waals surface area contributed by atoms with E-state index in [1.54, 1.807) is 4.90 Å². The minimum absolute atomic E-state index is 0.0134. The van der Waals surface area contributed by atoms with Crippen LogP contribution in [-0.4, -0.2) is 21.5 Å². The van der Waals surface area contributed by atoms with Crippen LogP contribution in [-0.2, 0) is 0 Å². The van der Waals surface area contributed by atoms with E-state index < -0.39 is 26.2 Å². The van der Waals surface area contributed by atoms with Gasteiger partial charge in [-0.3, -0.25) is 0 Å². The third kappa shape index (κ3) is 12.5. The predicted molar refractivity (Wildman–Crippen MR) is 517 cm³/mol. The van der Waals surface area contributed by atoms with Crippen LogP contribution in [0.3, 0.4) is 0 Å². The molecule has 0 amide bonds. The zero-order valence-corrected chi connectivity index (χ0v) is 67.5. The van der Waals surface area contributed by atoms with Gasteiger partial charge in [0.05, 0.1) is 20.6 Å². The number of rotatable bonds is 14. The second-order valence-corrected chi connectivity index (χ2v) is 37.5. The molecule has 0 N–H and O–H groups in total. The number of ether oxygens (including phenoxy) is 2. The van der Waals surface area contributed by atoms with Gasteiger partial charge in [-0.05, 0) is 183 Å². The highest BCUT2D eigenvalue weighted by molar-refractivity contribution is 6.99. The zero-order chi connectivity index (χ0) is 84.3. The SMILES string of the molecule is C[Si](C)(C)c1ccc(N(c2ccc3c(c2)Oc2cccc4c2c-3cc2c3ccccc3c(B(c3ccccc3)c3cccc5ccccc35)cc42)c2ccccc2-c2ccccc2)cc1.[2H]c1c([2H])c([2H])c(N(c2ccccc2)c2ccc3c(c2)Oc2cccc4c2c-3cc2c3ccccc3c(B(c3ccccc3)c3cccc5ccccc35)cc42)c([2H])c1[2H]. The fourth-order valence-corrected chi connectivity index (χ4v) is 20.3. The van der Waals surface area contributed by atoms with E-state index in [4.69, 9.17) is 16.3 Å². The number of anilines is 6. The normalized spacial score (nSPS) is 12.5. The van der Waals surface area contributed by atoms with E-state index >= 15 is 0 Å². The molecule has 21 aromatic rings. The van der Waals surface area contributed by atoms with Crippen LogP contribution in [0.15, 0.2) is 431 Å². The Balaban J connectivity index is 0.000000149. The van der Waals surface area contributed by atoms with Gasteiger partial charge in [-0.25, -0.2) is 0 Å². The number of hydrogen-bond acceptors (Lipinski definition) is 4. The van der Waals surface area contributed by atoms with Gasteiger partial charge in [0.2, 0.25) is 13.4 Å². The summed E-state index contributed by atoms with van der Waals surface area (Å²) in [6.45, 7) is 7.19. The summed E-state index contributed by atoms with van der Waals surface area (Å²) in [7, 11) is -1.52. The molecule has 0 radical (unpaired) electrons. The molecule has 7 heteroatoms. The fourth-order valence-electron chi connectivity index (χ4n) is 19.1. The molecular formula is C113H80B2N2O2Si. The highest BCUT2D eigenvalue weighted by atomic mass is 28.3. The second-order valence-electron chi connectivity index (χ2n) is 32.5.